The molecule has 1 rings (SSSR count). The predicted octanol–water partition coefficient (Wildman–Crippen LogP) is 2.36. The molecule has 0 bridgehead atoms. The van der Waals surface area contributed by atoms with Crippen LogP contribution in [-0.4, -0.2) is 61.2 Å². The first-order valence-corrected chi connectivity index (χ1v) is 8.80. The number of aliphatic carboxylic acids is 2. The number of carboxylic acids is 2. The van der Waals surface area contributed by atoms with Crippen molar-refractivity contribution in [2.75, 3.05) is 33.5 Å². The third kappa shape index (κ3) is 12.7. The Labute approximate surface area is 166 Å². The number of nitrogens with one attached hydrogen (secondary N) is 1. The summed E-state index contributed by atoms with van der Waals surface area (Å²) in [4.78, 5) is 18.2. The molecule has 28 heavy (non-hydrogen) atoms. The van der Waals surface area contributed by atoms with Crippen LogP contribution >= 0.6 is 0 Å². The van der Waals surface area contributed by atoms with Crippen molar-refractivity contribution < 1.29 is 34.0 Å². The van der Waals surface area contributed by atoms with E-state index in [4.69, 9.17) is 34.0 Å². The monoisotopic (exact) mass is 397 g/mol. The van der Waals surface area contributed by atoms with E-state index in [1.807, 2.05) is 24.3 Å². The summed E-state index contributed by atoms with van der Waals surface area (Å²) in [6, 6.07) is 5.81. The van der Waals surface area contributed by atoms with Gasteiger partial charge in [-0.3, -0.25) is 0 Å². The molecule has 0 spiro atoms. The molecule has 1 aromatic carbocycles. The van der Waals surface area contributed by atoms with E-state index >= 15 is 0 Å². The van der Waals surface area contributed by atoms with Crippen LogP contribution in [0.15, 0.2) is 30.9 Å². The Balaban J connectivity index is 0.00000105. The summed E-state index contributed by atoms with van der Waals surface area (Å²) >= 11 is 0. The van der Waals surface area contributed by atoms with Crippen LogP contribution in [0.5, 0.6) is 11.5 Å². The topological polar surface area (TPSA) is 114 Å². The standard InChI is InChI=1S/C18H29NO3.C2H2O4/c1-6-7-15-14-16(20-5)8-9-17(15)22-13-12-21-11-10-19-18(2,3)4;3-1(4)2(5)6/h6,8-9,14,19H,1,7,10-13H2,2-5H3;(H,3,4)(H,5,6). The van der Waals surface area contributed by atoms with Crippen molar-refractivity contribution >= 4 is 11.9 Å². The molecule has 8 heteroatoms. The van der Waals surface area contributed by atoms with Crippen molar-refractivity contribution in [3.8, 4) is 11.5 Å². The minimum atomic E-state index is -1.82. The minimum absolute atomic E-state index is 0.128. The van der Waals surface area contributed by atoms with E-state index in [2.05, 4.69) is 32.7 Å². The molecule has 0 saturated carbocycles. The maximum atomic E-state index is 9.10. The number of carbonyl (C=O) groups is 2. The highest BCUT2D eigenvalue weighted by atomic mass is 16.5. The van der Waals surface area contributed by atoms with Crippen molar-refractivity contribution in [3.63, 3.8) is 0 Å². The second-order valence-electron chi connectivity index (χ2n) is 6.71. The van der Waals surface area contributed by atoms with Gasteiger partial charge in [0.2, 0.25) is 0 Å². The first kappa shape index (κ1) is 25.4. The maximum absolute atomic E-state index is 9.10. The van der Waals surface area contributed by atoms with Crippen molar-refractivity contribution in [3.05, 3.63) is 36.4 Å². The average Bonchev–Trinajstić information content (AvgIpc) is 2.61. The zero-order valence-electron chi connectivity index (χ0n) is 17.0. The molecule has 0 aliphatic heterocycles. The molecule has 0 aliphatic carbocycles. The van der Waals surface area contributed by atoms with Crippen molar-refractivity contribution in [2.45, 2.75) is 32.7 Å². The Kier molecular flexibility index (Phi) is 12.3. The third-order valence-corrected chi connectivity index (χ3v) is 3.20. The van der Waals surface area contributed by atoms with Gasteiger partial charge in [0.25, 0.3) is 0 Å². The van der Waals surface area contributed by atoms with Gasteiger partial charge in [0.1, 0.15) is 18.1 Å². The summed E-state index contributed by atoms with van der Waals surface area (Å²) in [5.41, 5.74) is 1.20. The Morgan fingerprint density at radius 2 is 1.79 bits per heavy atom. The van der Waals surface area contributed by atoms with Crippen LogP contribution in [0.2, 0.25) is 0 Å². The molecule has 0 radical (unpaired) electrons. The molecular weight excluding hydrogens is 366 g/mol. The van der Waals surface area contributed by atoms with E-state index in [9.17, 15) is 0 Å². The van der Waals surface area contributed by atoms with Crippen LogP contribution in [0.25, 0.3) is 0 Å². The van der Waals surface area contributed by atoms with Crippen LogP contribution in [0.4, 0.5) is 0 Å². The zero-order chi connectivity index (χ0) is 21.6. The highest BCUT2D eigenvalue weighted by Crippen LogP contribution is 2.24. The molecule has 158 valence electrons. The number of benzene rings is 1. The molecular formula is C20H31NO7. The Morgan fingerprint density at radius 3 is 2.29 bits per heavy atom. The molecule has 8 nitrogen and oxygen atoms in total. The second-order valence-corrected chi connectivity index (χ2v) is 6.71. The van der Waals surface area contributed by atoms with Gasteiger partial charge < -0.3 is 29.7 Å². The number of allylic oxidation sites excluding steroid dienone is 1. The lowest BCUT2D eigenvalue weighted by molar-refractivity contribution is -0.159. The molecule has 0 aromatic heterocycles. The lowest BCUT2D eigenvalue weighted by Gasteiger charge is -2.20. The van der Waals surface area contributed by atoms with Gasteiger partial charge in [-0.1, -0.05) is 6.08 Å². The van der Waals surface area contributed by atoms with Gasteiger partial charge in [0.05, 0.1) is 20.3 Å². The van der Waals surface area contributed by atoms with E-state index in [0.717, 1.165) is 30.0 Å². The number of rotatable bonds is 10. The van der Waals surface area contributed by atoms with Gasteiger partial charge in [0.15, 0.2) is 0 Å². The maximum Gasteiger partial charge on any atom is 0.414 e. The molecule has 0 heterocycles. The molecule has 1 aromatic rings. The fourth-order valence-corrected chi connectivity index (χ4v) is 1.95. The molecule has 0 saturated heterocycles. The summed E-state index contributed by atoms with van der Waals surface area (Å²) in [5.74, 6) is -1.96. The van der Waals surface area contributed by atoms with Crippen LogP contribution in [-0.2, 0) is 20.7 Å². The Morgan fingerprint density at radius 1 is 1.14 bits per heavy atom. The first-order valence-electron chi connectivity index (χ1n) is 8.80. The summed E-state index contributed by atoms with van der Waals surface area (Å²) in [5, 5.41) is 18.2. The number of hydrogen-bond acceptors (Lipinski definition) is 6. The van der Waals surface area contributed by atoms with Crippen LogP contribution in [0.1, 0.15) is 26.3 Å². The average molecular weight is 397 g/mol. The van der Waals surface area contributed by atoms with E-state index in [-0.39, 0.29) is 5.54 Å². The van der Waals surface area contributed by atoms with Gasteiger partial charge in [-0.2, -0.15) is 0 Å². The Bertz CT molecular complexity index is 611. The van der Waals surface area contributed by atoms with Gasteiger partial charge in [-0.25, -0.2) is 9.59 Å². The summed E-state index contributed by atoms with van der Waals surface area (Å²) in [6.45, 7) is 12.8. The predicted molar refractivity (Wildman–Crippen MR) is 106 cm³/mol. The number of ether oxygens (including phenoxy) is 3. The van der Waals surface area contributed by atoms with Gasteiger partial charge in [-0.05, 0) is 45.4 Å². The van der Waals surface area contributed by atoms with Crippen LogP contribution < -0.4 is 14.8 Å². The van der Waals surface area contributed by atoms with E-state index in [0.29, 0.717) is 19.8 Å². The smallest absolute Gasteiger partial charge is 0.414 e. The van der Waals surface area contributed by atoms with Crippen molar-refractivity contribution in [1.82, 2.24) is 5.32 Å². The highest BCUT2D eigenvalue weighted by Gasteiger charge is 2.07. The fraction of sp³-hybridized carbons (Fsp3) is 0.500. The number of hydrogen-bond donors (Lipinski definition) is 3. The van der Waals surface area contributed by atoms with Crippen LogP contribution in [0.3, 0.4) is 0 Å². The van der Waals surface area contributed by atoms with Gasteiger partial charge in [0, 0.05) is 17.6 Å². The Hall–Kier alpha value is -2.58. The SMILES string of the molecule is C=CCc1cc(OC)ccc1OCCOCCNC(C)(C)C.O=C(O)C(=O)O. The number of methoxy groups -OCH3 is 1. The zero-order valence-corrected chi connectivity index (χ0v) is 17.0. The van der Waals surface area contributed by atoms with Crippen LogP contribution in [0, 0.1) is 0 Å². The second kappa shape index (κ2) is 13.6. The van der Waals surface area contributed by atoms with E-state index in [1.165, 1.54) is 0 Å². The van der Waals surface area contributed by atoms with Gasteiger partial charge >= 0.3 is 11.9 Å². The molecule has 0 amide bonds. The molecule has 0 fully saturated rings. The third-order valence-electron chi connectivity index (χ3n) is 3.20. The molecule has 0 atom stereocenters. The molecule has 0 aliphatic rings. The highest BCUT2D eigenvalue weighted by molar-refractivity contribution is 6.27. The lowest BCUT2D eigenvalue weighted by Crippen LogP contribution is -2.38. The van der Waals surface area contributed by atoms with E-state index in [1.54, 1.807) is 7.11 Å². The summed E-state index contributed by atoms with van der Waals surface area (Å²) < 4.78 is 16.6. The lowest BCUT2D eigenvalue weighted by atomic mass is 10.1. The first-order chi connectivity index (χ1) is 13.1. The quantitative estimate of drug-likeness (QED) is 0.313. The molecule has 3 N–H and O–H groups in total. The van der Waals surface area contributed by atoms with Crippen molar-refractivity contribution in [1.29, 1.82) is 0 Å². The van der Waals surface area contributed by atoms with Crippen molar-refractivity contribution in [2.24, 2.45) is 0 Å². The normalized spacial score (nSPS) is 10.4. The number of carboxylic acid groups (broad SMARTS) is 2. The fourth-order valence-electron chi connectivity index (χ4n) is 1.95. The van der Waals surface area contributed by atoms with E-state index < -0.39 is 11.9 Å². The largest absolute Gasteiger partial charge is 0.497 e. The minimum Gasteiger partial charge on any atom is -0.497 e. The summed E-state index contributed by atoms with van der Waals surface area (Å²) in [7, 11) is 1.66. The van der Waals surface area contributed by atoms with Gasteiger partial charge in [-0.15, -0.1) is 6.58 Å². The summed E-state index contributed by atoms with van der Waals surface area (Å²) in [6.07, 6.45) is 2.61. The molecule has 0 unspecified atom stereocenters.